The molecule has 0 spiro atoms. The zero-order valence-electron chi connectivity index (χ0n) is 7.08. The zero-order chi connectivity index (χ0) is 8.27. The van der Waals surface area contributed by atoms with Crippen LogP contribution in [0.15, 0.2) is 24.6 Å². The molecule has 1 aliphatic heterocycles. The molecule has 1 heterocycles. The molecule has 0 fully saturated rings. The number of nitrogens with zero attached hydrogens (tertiary/aromatic N) is 2. The second-order valence-corrected chi connectivity index (χ2v) is 2.56. The third-order valence-electron chi connectivity index (χ3n) is 1.71. The highest BCUT2D eigenvalue weighted by Crippen LogP contribution is 2.06. The molecule has 0 saturated carbocycles. The van der Waals surface area contributed by atoms with Crippen LogP contribution in [-0.2, 0) is 4.84 Å². The van der Waals surface area contributed by atoms with Crippen molar-refractivity contribution < 1.29 is 4.84 Å². The van der Waals surface area contributed by atoms with E-state index in [9.17, 15) is 0 Å². The summed E-state index contributed by atoms with van der Waals surface area (Å²) in [6.07, 6.45) is 4.07. The Labute approximate surface area is 67.5 Å². The fourth-order valence-corrected chi connectivity index (χ4v) is 0.876. The van der Waals surface area contributed by atoms with Gasteiger partial charge in [-0.15, -0.1) is 0 Å². The molecular weight excluding hydrogens is 140 g/mol. The summed E-state index contributed by atoms with van der Waals surface area (Å²) in [7, 11) is 3.84. The minimum absolute atomic E-state index is 0.628. The number of likely N-dealkylation sites (N-methyl/N-ethyl adjacent to an activating group) is 1. The lowest BCUT2D eigenvalue weighted by molar-refractivity contribution is -0.116. The van der Waals surface area contributed by atoms with E-state index in [1.807, 2.05) is 25.1 Å². The Kier molecular flexibility index (Phi) is 2.54. The van der Waals surface area contributed by atoms with Crippen molar-refractivity contribution in [3.63, 3.8) is 0 Å². The molecule has 0 aromatic heterocycles. The normalized spacial score (nSPS) is 22.9. The molecule has 0 aromatic rings. The fraction of sp³-hybridized carbons (Fsp3) is 0.500. The number of hydroxylamine groups is 2. The Morgan fingerprint density at radius 2 is 2.18 bits per heavy atom. The van der Waals surface area contributed by atoms with Crippen LogP contribution in [0.5, 0.6) is 0 Å². The van der Waals surface area contributed by atoms with Gasteiger partial charge in [0.2, 0.25) is 0 Å². The summed E-state index contributed by atoms with van der Waals surface area (Å²) in [6.45, 7) is 5.39. The van der Waals surface area contributed by atoms with Gasteiger partial charge in [0.1, 0.15) is 5.82 Å². The van der Waals surface area contributed by atoms with Crippen LogP contribution in [0.2, 0.25) is 0 Å². The molecule has 11 heavy (non-hydrogen) atoms. The first-order chi connectivity index (χ1) is 5.22. The summed E-state index contributed by atoms with van der Waals surface area (Å²) < 4.78 is 0. The Morgan fingerprint density at radius 3 is 2.91 bits per heavy atom. The van der Waals surface area contributed by atoms with Crippen molar-refractivity contribution in [2.45, 2.75) is 0 Å². The van der Waals surface area contributed by atoms with E-state index < -0.39 is 0 Å². The van der Waals surface area contributed by atoms with Gasteiger partial charge in [0.25, 0.3) is 0 Å². The van der Waals surface area contributed by atoms with Gasteiger partial charge in [0, 0.05) is 20.6 Å². The number of hydrogen-bond acceptors (Lipinski definition) is 3. The largest absolute Gasteiger partial charge is 0.356 e. The molecule has 0 radical (unpaired) electrons. The lowest BCUT2D eigenvalue weighted by atomic mass is 10.4. The molecule has 0 amide bonds. The van der Waals surface area contributed by atoms with Crippen LogP contribution >= 0.6 is 0 Å². The van der Waals surface area contributed by atoms with Gasteiger partial charge in [-0.2, -0.15) is 0 Å². The standard InChI is InChI=1S/C8H14N2O/c1-8-9(2)6-4-5-7-11-10(8)3/h4-5H,1,6-7H2,2-3H3/b5-4-. The summed E-state index contributed by atoms with van der Waals surface area (Å²) in [5, 5.41) is 1.68. The third-order valence-corrected chi connectivity index (χ3v) is 1.71. The van der Waals surface area contributed by atoms with Crippen molar-refractivity contribution in [1.29, 1.82) is 0 Å². The molecule has 3 heteroatoms. The van der Waals surface area contributed by atoms with Gasteiger partial charge in [-0.1, -0.05) is 18.7 Å². The highest BCUT2D eigenvalue weighted by molar-refractivity contribution is 4.95. The first kappa shape index (κ1) is 8.14. The maximum atomic E-state index is 5.27. The number of hydrogen-bond donors (Lipinski definition) is 0. The molecule has 1 aliphatic rings. The van der Waals surface area contributed by atoms with Gasteiger partial charge in [0.05, 0.1) is 6.61 Å². The van der Waals surface area contributed by atoms with E-state index in [1.54, 1.807) is 5.06 Å². The molecule has 0 bridgehead atoms. The monoisotopic (exact) mass is 154 g/mol. The van der Waals surface area contributed by atoms with Crippen molar-refractivity contribution in [1.82, 2.24) is 9.96 Å². The summed E-state index contributed by atoms with van der Waals surface area (Å²) in [5.41, 5.74) is 0. The predicted molar refractivity (Wildman–Crippen MR) is 44.6 cm³/mol. The molecule has 0 unspecified atom stereocenters. The first-order valence-corrected chi connectivity index (χ1v) is 3.63. The second kappa shape index (κ2) is 3.44. The molecule has 0 N–H and O–H groups in total. The topological polar surface area (TPSA) is 15.7 Å². The van der Waals surface area contributed by atoms with E-state index >= 15 is 0 Å². The zero-order valence-corrected chi connectivity index (χ0v) is 7.08. The quantitative estimate of drug-likeness (QED) is 0.480. The molecule has 0 aliphatic carbocycles. The average Bonchev–Trinajstić information content (AvgIpc) is 2.00. The van der Waals surface area contributed by atoms with E-state index in [2.05, 4.69) is 12.7 Å². The van der Waals surface area contributed by atoms with E-state index in [0.29, 0.717) is 6.61 Å². The summed E-state index contributed by atoms with van der Waals surface area (Å²) >= 11 is 0. The Morgan fingerprint density at radius 1 is 1.45 bits per heavy atom. The molecular formula is C8H14N2O. The van der Waals surface area contributed by atoms with Crippen LogP contribution in [0.3, 0.4) is 0 Å². The maximum Gasteiger partial charge on any atom is 0.121 e. The lowest BCUT2D eigenvalue weighted by Crippen LogP contribution is -2.31. The lowest BCUT2D eigenvalue weighted by Gasteiger charge is -2.29. The van der Waals surface area contributed by atoms with E-state index in [1.165, 1.54) is 0 Å². The second-order valence-electron chi connectivity index (χ2n) is 2.56. The SMILES string of the molecule is C=C1N(C)C/C=C\CON1C. The van der Waals surface area contributed by atoms with Crippen LogP contribution in [0.1, 0.15) is 0 Å². The van der Waals surface area contributed by atoms with E-state index in [-0.39, 0.29) is 0 Å². The number of rotatable bonds is 0. The summed E-state index contributed by atoms with van der Waals surface area (Å²) in [5.74, 6) is 0.884. The summed E-state index contributed by atoms with van der Waals surface area (Å²) in [4.78, 5) is 7.29. The van der Waals surface area contributed by atoms with Gasteiger partial charge >= 0.3 is 0 Å². The van der Waals surface area contributed by atoms with Crippen molar-refractivity contribution in [2.24, 2.45) is 0 Å². The maximum absolute atomic E-state index is 5.27. The van der Waals surface area contributed by atoms with Gasteiger partial charge < -0.3 is 4.90 Å². The van der Waals surface area contributed by atoms with Gasteiger partial charge in [0.15, 0.2) is 0 Å². The van der Waals surface area contributed by atoms with Crippen LogP contribution in [0, 0.1) is 0 Å². The van der Waals surface area contributed by atoms with Crippen molar-refractivity contribution >= 4 is 0 Å². The predicted octanol–water partition coefficient (Wildman–Crippen LogP) is 0.823. The highest BCUT2D eigenvalue weighted by atomic mass is 16.7. The van der Waals surface area contributed by atoms with Gasteiger partial charge in [-0.05, 0) is 0 Å². The molecule has 0 saturated heterocycles. The molecule has 0 atom stereocenters. The van der Waals surface area contributed by atoms with Crippen LogP contribution in [-0.4, -0.2) is 37.2 Å². The highest BCUT2D eigenvalue weighted by Gasteiger charge is 2.07. The van der Waals surface area contributed by atoms with E-state index in [4.69, 9.17) is 4.84 Å². The Hall–Kier alpha value is -0.960. The Balaban J connectivity index is 2.62. The molecule has 62 valence electrons. The minimum atomic E-state index is 0.628. The van der Waals surface area contributed by atoms with Crippen LogP contribution < -0.4 is 0 Å². The first-order valence-electron chi connectivity index (χ1n) is 3.63. The van der Waals surface area contributed by atoms with Crippen LogP contribution in [0.4, 0.5) is 0 Å². The third kappa shape index (κ3) is 1.98. The Bertz CT molecular complexity index is 177. The van der Waals surface area contributed by atoms with Gasteiger partial charge in [-0.3, -0.25) is 4.84 Å². The van der Waals surface area contributed by atoms with Crippen molar-refractivity contribution in [3.8, 4) is 0 Å². The van der Waals surface area contributed by atoms with Crippen LogP contribution in [0.25, 0.3) is 0 Å². The summed E-state index contributed by atoms with van der Waals surface area (Å²) in [6, 6.07) is 0. The molecule has 0 aromatic carbocycles. The molecule has 3 nitrogen and oxygen atoms in total. The molecule has 1 rings (SSSR count). The average molecular weight is 154 g/mol. The minimum Gasteiger partial charge on any atom is -0.356 e. The van der Waals surface area contributed by atoms with Gasteiger partial charge in [-0.25, -0.2) is 5.06 Å². The van der Waals surface area contributed by atoms with E-state index in [0.717, 1.165) is 12.4 Å². The van der Waals surface area contributed by atoms with Crippen molar-refractivity contribution in [2.75, 3.05) is 27.2 Å². The smallest absolute Gasteiger partial charge is 0.121 e. The van der Waals surface area contributed by atoms with Crippen molar-refractivity contribution in [3.05, 3.63) is 24.6 Å². The fourth-order valence-electron chi connectivity index (χ4n) is 0.876.